The lowest BCUT2D eigenvalue weighted by Gasteiger charge is -2.30. The molecule has 0 radical (unpaired) electrons. The maximum Gasteiger partial charge on any atom is 0.408 e. The summed E-state index contributed by atoms with van der Waals surface area (Å²) in [5.41, 5.74) is 2.05. The van der Waals surface area contributed by atoms with Gasteiger partial charge in [0.1, 0.15) is 17.0 Å². The quantitative estimate of drug-likeness (QED) is 0.133. The van der Waals surface area contributed by atoms with Crippen LogP contribution in [-0.2, 0) is 35.3 Å². The molecule has 3 aromatic carbocycles. The Kier molecular flexibility index (Phi) is 10.3. The fourth-order valence-electron chi connectivity index (χ4n) is 5.37. The lowest BCUT2D eigenvalue weighted by Crippen LogP contribution is -2.56. The summed E-state index contributed by atoms with van der Waals surface area (Å²) in [6, 6.07) is 23.1. The largest absolute Gasteiger partial charge is 0.444 e. The molecule has 5 aromatic rings. The number of aromatic amines is 1. The van der Waals surface area contributed by atoms with Crippen molar-refractivity contribution in [3.63, 3.8) is 0 Å². The van der Waals surface area contributed by atoms with E-state index in [9.17, 15) is 9.59 Å². The van der Waals surface area contributed by atoms with E-state index < -0.39 is 29.2 Å². The SMILES string of the molecule is CC(C)(C)OC(=O)NC(C)(C)C(=O)N[C@H](Cc1c[nH]c2ccccc12)c1nnc(CCc2ccccc2)n1Cc1ccc(Cl)c(Cl)c1. The summed E-state index contributed by atoms with van der Waals surface area (Å²) in [4.78, 5) is 29.9. The first kappa shape index (κ1) is 34.0. The lowest BCUT2D eigenvalue weighted by molar-refractivity contribution is -0.127. The third-order valence-corrected chi connectivity index (χ3v) is 8.50. The predicted molar refractivity (Wildman–Crippen MR) is 186 cm³/mol. The van der Waals surface area contributed by atoms with Crippen molar-refractivity contribution in [3.8, 4) is 0 Å². The summed E-state index contributed by atoms with van der Waals surface area (Å²) in [6.45, 7) is 9.00. The minimum absolute atomic E-state index is 0.400. The first-order valence-corrected chi connectivity index (χ1v) is 16.3. The second-order valence-corrected chi connectivity index (χ2v) is 14.0. The van der Waals surface area contributed by atoms with Gasteiger partial charge in [0.25, 0.3) is 0 Å². The van der Waals surface area contributed by atoms with Crippen molar-refractivity contribution in [1.82, 2.24) is 30.4 Å². The van der Waals surface area contributed by atoms with Crippen LogP contribution in [0.5, 0.6) is 0 Å². The van der Waals surface area contributed by atoms with E-state index >= 15 is 0 Å². The minimum atomic E-state index is -1.30. The number of hydrogen-bond acceptors (Lipinski definition) is 5. The van der Waals surface area contributed by atoms with Gasteiger partial charge in [0.2, 0.25) is 5.91 Å². The Bertz CT molecular complexity index is 1860. The van der Waals surface area contributed by atoms with E-state index in [1.807, 2.05) is 65.4 Å². The molecule has 9 nitrogen and oxygen atoms in total. The molecule has 1 atom stereocenters. The molecular weight excluding hydrogens is 635 g/mol. The maximum absolute atomic E-state index is 13.9. The highest BCUT2D eigenvalue weighted by Crippen LogP contribution is 2.28. The van der Waals surface area contributed by atoms with Gasteiger partial charge in [-0.2, -0.15) is 0 Å². The summed E-state index contributed by atoms with van der Waals surface area (Å²) in [5.74, 6) is 0.938. The van der Waals surface area contributed by atoms with Crippen molar-refractivity contribution in [1.29, 1.82) is 0 Å². The standard InChI is InChI=1S/C36H40Cl2N6O3/c1-35(2,3)47-34(46)41-36(4,5)33(45)40-30(20-25-21-39-29-14-10-9-13-26(25)29)32-43-42-31(18-16-23-11-7-6-8-12-23)44(32)22-24-15-17-27(37)28(38)19-24/h6-15,17,19,21,30,39H,16,18,20,22H2,1-5H3,(H,40,45)(H,41,46)/t30-/m1/s1. The Morgan fingerprint density at radius 3 is 2.34 bits per heavy atom. The summed E-state index contributed by atoms with van der Waals surface area (Å²) >= 11 is 12.6. The Morgan fingerprint density at radius 1 is 0.894 bits per heavy atom. The van der Waals surface area contributed by atoms with Gasteiger partial charge < -0.3 is 24.9 Å². The van der Waals surface area contributed by atoms with Gasteiger partial charge in [0.05, 0.1) is 22.6 Å². The molecule has 11 heteroatoms. The molecule has 0 fully saturated rings. The van der Waals surface area contributed by atoms with Crippen LogP contribution in [0.15, 0.2) is 79.0 Å². The predicted octanol–water partition coefficient (Wildman–Crippen LogP) is 7.60. The van der Waals surface area contributed by atoms with Crippen molar-refractivity contribution in [2.75, 3.05) is 0 Å². The number of nitrogens with zero attached hydrogens (tertiary/aromatic N) is 3. The molecule has 2 heterocycles. The number of ether oxygens (including phenoxy) is 1. The molecule has 0 aliphatic carbocycles. The summed E-state index contributed by atoms with van der Waals surface area (Å²) in [5, 5.41) is 17.2. The summed E-state index contributed by atoms with van der Waals surface area (Å²) in [6.07, 6.45) is 3.06. The Labute approximate surface area is 285 Å². The topological polar surface area (TPSA) is 114 Å². The average molecular weight is 676 g/mol. The van der Waals surface area contributed by atoms with Crippen molar-refractivity contribution in [2.24, 2.45) is 0 Å². The van der Waals surface area contributed by atoms with Gasteiger partial charge in [0, 0.05) is 29.9 Å². The molecule has 0 saturated heterocycles. The zero-order chi connectivity index (χ0) is 33.8. The molecule has 0 spiro atoms. The normalized spacial score (nSPS) is 12.6. The number of H-pyrrole nitrogens is 1. The number of nitrogens with one attached hydrogen (secondary N) is 3. The number of para-hydroxylation sites is 1. The zero-order valence-electron chi connectivity index (χ0n) is 27.2. The van der Waals surface area contributed by atoms with Gasteiger partial charge in [0.15, 0.2) is 5.82 Å². The van der Waals surface area contributed by atoms with Crippen LogP contribution in [-0.4, -0.2) is 42.9 Å². The third-order valence-electron chi connectivity index (χ3n) is 7.76. The highest BCUT2D eigenvalue weighted by Gasteiger charge is 2.35. The van der Waals surface area contributed by atoms with Crippen LogP contribution in [0.4, 0.5) is 4.79 Å². The number of benzene rings is 3. The highest BCUT2D eigenvalue weighted by molar-refractivity contribution is 6.42. The van der Waals surface area contributed by atoms with Crippen LogP contribution in [0.2, 0.25) is 10.0 Å². The number of fused-ring (bicyclic) bond motifs is 1. The Hall–Kier alpha value is -4.34. The van der Waals surface area contributed by atoms with E-state index in [1.165, 1.54) is 5.56 Å². The minimum Gasteiger partial charge on any atom is -0.444 e. The van der Waals surface area contributed by atoms with E-state index in [4.69, 9.17) is 27.9 Å². The van der Waals surface area contributed by atoms with Gasteiger partial charge in [-0.3, -0.25) is 4.79 Å². The van der Waals surface area contributed by atoms with Crippen LogP contribution in [0.3, 0.4) is 0 Å². The van der Waals surface area contributed by atoms with Gasteiger partial charge in [-0.15, -0.1) is 10.2 Å². The molecule has 2 aromatic heterocycles. The maximum atomic E-state index is 13.9. The van der Waals surface area contributed by atoms with E-state index in [2.05, 4.69) is 37.9 Å². The molecule has 0 saturated carbocycles. The van der Waals surface area contributed by atoms with Crippen LogP contribution >= 0.6 is 23.2 Å². The number of carbonyl (C=O) groups excluding carboxylic acids is 2. The van der Waals surface area contributed by atoms with Crippen LogP contribution < -0.4 is 10.6 Å². The number of halogens is 2. The molecule has 0 aliphatic rings. The Balaban J connectivity index is 1.52. The summed E-state index contributed by atoms with van der Waals surface area (Å²) < 4.78 is 7.47. The number of alkyl carbamates (subject to hydrolysis) is 1. The molecule has 3 N–H and O–H groups in total. The third kappa shape index (κ3) is 8.73. The highest BCUT2D eigenvalue weighted by atomic mass is 35.5. The van der Waals surface area contributed by atoms with Crippen molar-refractivity contribution >= 4 is 46.1 Å². The smallest absolute Gasteiger partial charge is 0.408 e. The molecule has 5 rings (SSSR count). The second kappa shape index (κ2) is 14.2. The van der Waals surface area contributed by atoms with Crippen molar-refractivity contribution in [3.05, 3.63) is 117 Å². The number of hydrogen-bond donors (Lipinski definition) is 3. The average Bonchev–Trinajstić information content (AvgIpc) is 3.60. The van der Waals surface area contributed by atoms with E-state index in [0.29, 0.717) is 35.3 Å². The van der Waals surface area contributed by atoms with Crippen molar-refractivity contribution in [2.45, 2.75) is 77.6 Å². The van der Waals surface area contributed by atoms with Crippen molar-refractivity contribution < 1.29 is 14.3 Å². The molecule has 246 valence electrons. The second-order valence-electron chi connectivity index (χ2n) is 13.1. The number of aryl methyl sites for hydroxylation is 2. The zero-order valence-corrected chi connectivity index (χ0v) is 28.7. The fourth-order valence-corrected chi connectivity index (χ4v) is 5.69. The van der Waals surface area contributed by atoms with Crippen LogP contribution in [0.25, 0.3) is 10.9 Å². The number of aromatic nitrogens is 4. The van der Waals surface area contributed by atoms with Gasteiger partial charge in [-0.25, -0.2) is 4.79 Å². The van der Waals surface area contributed by atoms with Crippen LogP contribution in [0.1, 0.15) is 69.0 Å². The van der Waals surface area contributed by atoms with E-state index in [0.717, 1.165) is 34.3 Å². The fraction of sp³-hybridized carbons (Fsp3) is 0.333. The molecule has 0 unspecified atom stereocenters. The van der Waals surface area contributed by atoms with Gasteiger partial charge in [-0.05, 0) is 75.9 Å². The number of carbonyl (C=O) groups is 2. The molecule has 2 amide bonds. The first-order valence-electron chi connectivity index (χ1n) is 15.6. The van der Waals surface area contributed by atoms with Gasteiger partial charge >= 0.3 is 6.09 Å². The first-order chi connectivity index (χ1) is 22.3. The van der Waals surface area contributed by atoms with E-state index in [-0.39, 0.29) is 0 Å². The molecular formula is C36H40Cl2N6O3. The number of rotatable bonds is 11. The number of amides is 2. The van der Waals surface area contributed by atoms with E-state index in [1.54, 1.807) is 40.7 Å². The monoisotopic (exact) mass is 674 g/mol. The summed E-state index contributed by atoms with van der Waals surface area (Å²) in [7, 11) is 0. The van der Waals surface area contributed by atoms with Crippen LogP contribution in [0, 0.1) is 0 Å². The Morgan fingerprint density at radius 2 is 1.62 bits per heavy atom. The van der Waals surface area contributed by atoms with Gasteiger partial charge in [-0.1, -0.05) is 77.8 Å². The lowest BCUT2D eigenvalue weighted by atomic mass is 10.0. The molecule has 47 heavy (non-hydrogen) atoms. The molecule has 0 bridgehead atoms. The molecule has 0 aliphatic heterocycles.